The Balaban J connectivity index is 2.00. The second-order valence-electron chi connectivity index (χ2n) is 4.30. The SMILES string of the molecule is OC1CCc2nc(-c3cccc(Cl)c3)oc2C1. The van der Waals surface area contributed by atoms with Crippen molar-refractivity contribution in [2.75, 3.05) is 0 Å². The molecule has 0 fully saturated rings. The van der Waals surface area contributed by atoms with Crippen LogP contribution >= 0.6 is 11.6 Å². The van der Waals surface area contributed by atoms with Crippen molar-refractivity contribution in [1.29, 1.82) is 0 Å². The zero-order chi connectivity index (χ0) is 11.8. The first-order valence-corrected chi connectivity index (χ1v) is 6.03. The minimum absolute atomic E-state index is 0.303. The number of aryl methyl sites for hydroxylation is 1. The molecule has 1 N–H and O–H groups in total. The van der Waals surface area contributed by atoms with Gasteiger partial charge in [0.2, 0.25) is 5.89 Å². The van der Waals surface area contributed by atoms with Crippen LogP contribution in [0.4, 0.5) is 0 Å². The molecule has 3 rings (SSSR count). The highest BCUT2D eigenvalue weighted by molar-refractivity contribution is 6.30. The highest BCUT2D eigenvalue weighted by Crippen LogP contribution is 2.28. The van der Waals surface area contributed by atoms with Crippen molar-refractivity contribution < 1.29 is 9.52 Å². The third kappa shape index (κ3) is 2.08. The summed E-state index contributed by atoms with van der Waals surface area (Å²) in [5.74, 6) is 1.39. The van der Waals surface area contributed by atoms with Gasteiger partial charge in [0.1, 0.15) is 5.76 Å². The predicted molar refractivity (Wildman–Crippen MR) is 65.0 cm³/mol. The van der Waals surface area contributed by atoms with Gasteiger partial charge in [0.25, 0.3) is 0 Å². The van der Waals surface area contributed by atoms with E-state index in [1.165, 1.54) is 0 Å². The Morgan fingerprint density at radius 1 is 1.41 bits per heavy atom. The lowest BCUT2D eigenvalue weighted by molar-refractivity contribution is 0.150. The molecule has 4 heteroatoms. The first-order chi connectivity index (χ1) is 8.22. The fourth-order valence-electron chi connectivity index (χ4n) is 2.10. The molecule has 1 atom stereocenters. The molecule has 0 bridgehead atoms. The van der Waals surface area contributed by atoms with Gasteiger partial charge in [-0.2, -0.15) is 0 Å². The molecule has 0 aliphatic heterocycles. The topological polar surface area (TPSA) is 46.3 Å². The van der Waals surface area contributed by atoms with Gasteiger partial charge in [-0.05, 0) is 31.0 Å². The zero-order valence-corrected chi connectivity index (χ0v) is 9.94. The van der Waals surface area contributed by atoms with Gasteiger partial charge in [0.15, 0.2) is 0 Å². The molecule has 1 aliphatic carbocycles. The average molecular weight is 250 g/mol. The number of hydrogen-bond acceptors (Lipinski definition) is 3. The maximum atomic E-state index is 9.57. The fraction of sp³-hybridized carbons (Fsp3) is 0.308. The van der Waals surface area contributed by atoms with Crippen LogP contribution in [0.25, 0.3) is 11.5 Å². The lowest BCUT2D eigenvalue weighted by atomic mass is 9.99. The van der Waals surface area contributed by atoms with Crippen LogP contribution in [0.2, 0.25) is 5.02 Å². The van der Waals surface area contributed by atoms with Crippen molar-refractivity contribution in [1.82, 2.24) is 4.98 Å². The molecule has 1 aliphatic rings. The van der Waals surface area contributed by atoms with Crippen LogP contribution in [0.1, 0.15) is 17.9 Å². The fourth-order valence-corrected chi connectivity index (χ4v) is 2.29. The molecular weight excluding hydrogens is 238 g/mol. The van der Waals surface area contributed by atoms with Crippen LogP contribution in [0.15, 0.2) is 28.7 Å². The largest absolute Gasteiger partial charge is 0.441 e. The third-order valence-corrected chi connectivity index (χ3v) is 3.22. The molecular formula is C13H12ClNO2. The Labute approximate surface area is 104 Å². The summed E-state index contributed by atoms with van der Waals surface area (Å²) in [4.78, 5) is 4.46. The van der Waals surface area contributed by atoms with Gasteiger partial charge in [0.05, 0.1) is 11.8 Å². The van der Waals surface area contributed by atoms with Crippen molar-refractivity contribution in [3.8, 4) is 11.5 Å². The van der Waals surface area contributed by atoms with E-state index in [-0.39, 0.29) is 6.10 Å². The first kappa shape index (κ1) is 10.8. The molecule has 17 heavy (non-hydrogen) atoms. The maximum absolute atomic E-state index is 9.57. The standard InChI is InChI=1S/C13H12ClNO2/c14-9-3-1-2-8(6-9)13-15-11-5-4-10(16)7-12(11)17-13/h1-3,6,10,16H,4-5,7H2. The molecule has 0 amide bonds. The Hall–Kier alpha value is -1.32. The summed E-state index contributed by atoms with van der Waals surface area (Å²) in [5.41, 5.74) is 1.84. The van der Waals surface area contributed by atoms with Crippen molar-refractivity contribution >= 4 is 11.6 Å². The first-order valence-electron chi connectivity index (χ1n) is 5.65. The summed E-state index contributed by atoms with van der Waals surface area (Å²) < 4.78 is 5.69. The monoisotopic (exact) mass is 249 g/mol. The van der Waals surface area contributed by atoms with Crippen molar-refractivity contribution in [2.45, 2.75) is 25.4 Å². The summed E-state index contributed by atoms with van der Waals surface area (Å²) in [6, 6.07) is 7.43. The maximum Gasteiger partial charge on any atom is 0.226 e. The number of aliphatic hydroxyl groups is 1. The van der Waals surface area contributed by atoms with E-state index < -0.39 is 0 Å². The minimum atomic E-state index is -0.303. The lowest BCUT2D eigenvalue weighted by Crippen LogP contribution is -2.17. The van der Waals surface area contributed by atoms with Gasteiger partial charge in [0, 0.05) is 17.0 Å². The van der Waals surface area contributed by atoms with E-state index in [9.17, 15) is 5.11 Å². The van der Waals surface area contributed by atoms with Gasteiger partial charge < -0.3 is 9.52 Å². The molecule has 1 aromatic heterocycles. The zero-order valence-electron chi connectivity index (χ0n) is 9.19. The van der Waals surface area contributed by atoms with Crippen LogP contribution < -0.4 is 0 Å². The van der Waals surface area contributed by atoms with E-state index >= 15 is 0 Å². The number of aromatic nitrogens is 1. The van der Waals surface area contributed by atoms with Gasteiger partial charge in [-0.3, -0.25) is 0 Å². The summed E-state index contributed by atoms with van der Waals surface area (Å²) in [5, 5.41) is 10.2. The molecule has 0 spiro atoms. The van der Waals surface area contributed by atoms with E-state index in [1.807, 2.05) is 24.3 Å². The summed E-state index contributed by atoms with van der Waals surface area (Å²) in [6.45, 7) is 0. The number of oxazole rings is 1. The predicted octanol–water partition coefficient (Wildman–Crippen LogP) is 2.84. The van der Waals surface area contributed by atoms with Crippen LogP contribution in [0.5, 0.6) is 0 Å². The normalized spacial score (nSPS) is 19.1. The number of nitrogens with zero attached hydrogens (tertiary/aromatic N) is 1. The highest BCUT2D eigenvalue weighted by Gasteiger charge is 2.22. The van der Waals surface area contributed by atoms with E-state index in [0.29, 0.717) is 17.3 Å². The van der Waals surface area contributed by atoms with Crippen LogP contribution in [-0.2, 0) is 12.8 Å². The Morgan fingerprint density at radius 2 is 2.29 bits per heavy atom. The summed E-state index contributed by atoms with van der Waals surface area (Å²) in [6.07, 6.45) is 1.79. The van der Waals surface area contributed by atoms with E-state index in [2.05, 4.69) is 4.98 Å². The third-order valence-electron chi connectivity index (χ3n) is 2.99. The lowest BCUT2D eigenvalue weighted by Gasteiger charge is -2.13. The molecule has 0 saturated carbocycles. The molecule has 0 radical (unpaired) electrons. The van der Waals surface area contributed by atoms with E-state index in [0.717, 1.165) is 29.9 Å². The van der Waals surface area contributed by atoms with Crippen LogP contribution in [0.3, 0.4) is 0 Å². The average Bonchev–Trinajstić information content (AvgIpc) is 2.72. The molecule has 88 valence electrons. The minimum Gasteiger partial charge on any atom is -0.441 e. The van der Waals surface area contributed by atoms with Crippen molar-refractivity contribution in [2.24, 2.45) is 0 Å². The van der Waals surface area contributed by atoms with Crippen LogP contribution in [0, 0.1) is 0 Å². The molecule has 2 aromatic rings. The molecule has 1 heterocycles. The number of benzene rings is 1. The number of hydrogen-bond donors (Lipinski definition) is 1. The van der Waals surface area contributed by atoms with E-state index in [4.69, 9.17) is 16.0 Å². The quantitative estimate of drug-likeness (QED) is 0.845. The van der Waals surface area contributed by atoms with Crippen molar-refractivity contribution in [3.63, 3.8) is 0 Å². The van der Waals surface area contributed by atoms with Crippen LogP contribution in [-0.4, -0.2) is 16.2 Å². The Kier molecular flexibility index (Phi) is 2.65. The number of fused-ring (bicyclic) bond motifs is 1. The van der Waals surface area contributed by atoms with Gasteiger partial charge >= 0.3 is 0 Å². The molecule has 1 unspecified atom stereocenters. The Bertz CT molecular complexity index is 550. The van der Waals surface area contributed by atoms with Crippen molar-refractivity contribution in [3.05, 3.63) is 40.7 Å². The number of rotatable bonds is 1. The molecule has 1 aromatic carbocycles. The smallest absolute Gasteiger partial charge is 0.226 e. The van der Waals surface area contributed by atoms with Gasteiger partial charge in [-0.15, -0.1) is 0 Å². The van der Waals surface area contributed by atoms with E-state index in [1.54, 1.807) is 0 Å². The second-order valence-corrected chi connectivity index (χ2v) is 4.73. The van der Waals surface area contributed by atoms with Gasteiger partial charge in [-0.1, -0.05) is 17.7 Å². The second kappa shape index (κ2) is 4.17. The van der Waals surface area contributed by atoms with Gasteiger partial charge in [-0.25, -0.2) is 4.98 Å². The number of halogens is 1. The summed E-state index contributed by atoms with van der Waals surface area (Å²) >= 11 is 5.94. The highest BCUT2D eigenvalue weighted by atomic mass is 35.5. The molecule has 0 saturated heterocycles. The summed E-state index contributed by atoms with van der Waals surface area (Å²) in [7, 11) is 0. The number of aliphatic hydroxyl groups excluding tert-OH is 1. The molecule has 3 nitrogen and oxygen atoms in total. The Morgan fingerprint density at radius 3 is 3.12 bits per heavy atom.